The van der Waals surface area contributed by atoms with Gasteiger partial charge >= 0.3 is 0 Å². The number of fused-ring (bicyclic) bond motifs is 1. The fourth-order valence-corrected chi connectivity index (χ4v) is 4.61. The number of anilines is 2. The second-order valence-corrected chi connectivity index (χ2v) is 8.40. The van der Waals surface area contributed by atoms with Gasteiger partial charge in [0, 0.05) is 23.8 Å². The summed E-state index contributed by atoms with van der Waals surface area (Å²) in [7, 11) is 2.10. The van der Waals surface area contributed by atoms with Crippen LogP contribution in [-0.4, -0.2) is 43.4 Å². The van der Waals surface area contributed by atoms with Crippen LogP contribution in [0.1, 0.15) is 34.5 Å². The summed E-state index contributed by atoms with van der Waals surface area (Å²) in [6.45, 7) is 2.69. The van der Waals surface area contributed by atoms with Crippen LogP contribution in [0.3, 0.4) is 0 Å². The van der Waals surface area contributed by atoms with Gasteiger partial charge in [-0.05, 0) is 81.0 Å². The zero-order valence-corrected chi connectivity index (χ0v) is 16.4. The lowest BCUT2D eigenvalue weighted by molar-refractivity contribution is -0.121. The Morgan fingerprint density at radius 1 is 1.15 bits per heavy atom. The largest absolute Gasteiger partial charge is 0.326 e. The van der Waals surface area contributed by atoms with Crippen LogP contribution < -0.4 is 10.2 Å². The number of thiophene rings is 1. The highest BCUT2D eigenvalue weighted by molar-refractivity contribution is 7.12. The Balaban J connectivity index is 1.48. The molecule has 0 radical (unpaired) electrons. The zero-order chi connectivity index (χ0) is 18.8. The van der Waals surface area contributed by atoms with Crippen molar-refractivity contribution in [1.82, 2.24) is 4.90 Å². The Hall–Kier alpha value is -2.18. The first kappa shape index (κ1) is 18.2. The fraction of sp³-hybridized carbons (Fsp3) is 0.429. The number of hydrogen-bond acceptors (Lipinski definition) is 4. The summed E-state index contributed by atoms with van der Waals surface area (Å²) in [5.41, 5.74) is 2.94. The topological polar surface area (TPSA) is 52.7 Å². The number of amides is 2. The van der Waals surface area contributed by atoms with Crippen molar-refractivity contribution in [1.29, 1.82) is 0 Å². The minimum Gasteiger partial charge on any atom is -0.326 e. The van der Waals surface area contributed by atoms with Gasteiger partial charge in [0.25, 0.3) is 5.91 Å². The fourth-order valence-electron chi connectivity index (χ4n) is 3.93. The van der Waals surface area contributed by atoms with Gasteiger partial charge in [-0.1, -0.05) is 6.07 Å². The molecule has 3 heterocycles. The van der Waals surface area contributed by atoms with Gasteiger partial charge in [0.1, 0.15) is 0 Å². The van der Waals surface area contributed by atoms with Crippen molar-refractivity contribution in [3.8, 4) is 0 Å². The number of carbonyl (C=O) groups is 2. The van der Waals surface area contributed by atoms with Crippen LogP contribution in [-0.2, 0) is 11.2 Å². The number of likely N-dealkylation sites (tertiary alicyclic amines) is 1. The summed E-state index contributed by atoms with van der Waals surface area (Å²) >= 11 is 1.48. The van der Waals surface area contributed by atoms with Crippen molar-refractivity contribution in [2.24, 2.45) is 5.92 Å². The predicted molar refractivity (Wildman–Crippen MR) is 110 cm³/mol. The Bertz CT molecular complexity index is 826. The molecule has 0 saturated carbocycles. The van der Waals surface area contributed by atoms with Crippen molar-refractivity contribution in [2.75, 3.05) is 36.9 Å². The number of piperidine rings is 1. The normalized spacial score (nSPS) is 18.2. The second kappa shape index (κ2) is 7.82. The van der Waals surface area contributed by atoms with E-state index >= 15 is 0 Å². The Morgan fingerprint density at radius 3 is 2.70 bits per heavy atom. The smallest absolute Gasteiger partial charge is 0.268 e. The number of aryl methyl sites for hydroxylation is 1. The van der Waals surface area contributed by atoms with Gasteiger partial charge < -0.3 is 15.1 Å². The molecule has 6 heteroatoms. The molecule has 1 aromatic carbocycles. The van der Waals surface area contributed by atoms with E-state index < -0.39 is 0 Å². The van der Waals surface area contributed by atoms with E-state index in [4.69, 9.17) is 0 Å². The molecule has 0 aliphatic carbocycles. The Kier molecular flexibility index (Phi) is 5.27. The summed E-state index contributed by atoms with van der Waals surface area (Å²) in [4.78, 5) is 30.3. The summed E-state index contributed by atoms with van der Waals surface area (Å²) in [6.07, 6.45) is 3.70. The molecule has 1 N–H and O–H groups in total. The van der Waals surface area contributed by atoms with Crippen molar-refractivity contribution < 1.29 is 9.59 Å². The SMILES string of the molecule is CN1CCC(C(=O)Nc2ccc3c(c2)CCCN3C(=O)c2cccs2)CC1. The maximum atomic E-state index is 12.8. The maximum Gasteiger partial charge on any atom is 0.268 e. The first-order chi connectivity index (χ1) is 13.1. The average Bonchev–Trinajstić information content (AvgIpc) is 3.22. The number of hydrogen-bond donors (Lipinski definition) is 1. The number of nitrogens with zero attached hydrogens (tertiary/aromatic N) is 2. The van der Waals surface area contributed by atoms with Crippen LogP contribution in [0.15, 0.2) is 35.7 Å². The minimum atomic E-state index is 0.0639. The molecule has 1 fully saturated rings. The van der Waals surface area contributed by atoms with Crippen molar-refractivity contribution in [3.05, 3.63) is 46.2 Å². The molecular weight excluding hydrogens is 358 g/mol. The van der Waals surface area contributed by atoms with E-state index in [1.807, 2.05) is 40.6 Å². The summed E-state index contributed by atoms with van der Waals surface area (Å²) in [5, 5.41) is 5.02. The highest BCUT2D eigenvalue weighted by atomic mass is 32.1. The molecule has 27 heavy (non-hydrogen) atoms. The van der Waals surface area contributed by atoms with Gasteiger partial charge in [-0.25, -0.2) is 0 Å². The molecule has 0 atom stereocenters. The van der Waals surface area contributed by atoms with Crippen molar-refractivity contribution in [2.45, 2.75) is 25.7 Å². The first-order valence-corrected chi connectivity index (χ1v) is 10.5. The van der Waals surface area contributed by atoms with Gasteiger partial charge in [0.15, 0.2) is 0 Å². The Labute approximate surface area is 164 Å². The zero-order valence-electron chi connectivity index (χ0n) is 15.6. The molecule has 1 saturated heterocycles. The molecule has 1 aromatic heterocycles. The summed E-state index contributed by atoms with van der Waals surface area (Å²) in [6, 6.07) is 9.72. The third-order valence-electron chi connectivity index (χ3n) is 5.53. The van der Waals surface area contributed by atoms with E-state index in [-0.39, 0.29) is 17.7 Å². The van der Waals surface area contributed by atoms with Crippen LogP contribution in [0.25, 0.3) is 0 Å². The second-order valence-electron chi connectivity index (χ2n) is 7.45. The van der Waals surface area contributed by atoms with Crippen LogP contribution in [0.5, 0.6) is 0 Å². The van der Waals surface area contributed by atoms with E-state index in [0.717, 1.165) is 67.1 Å². The van der Waals surface area contributed by atoms with Gasteiger partial charge in [0.05, 0.1) is 4.88 Å². The average molecular weight is 384 g/mol. The van der Waals surface area contributed by atoms with Gasteiger partial charge in [-0.2, -0.15) is 0 Å². The number of rotatable bonds is 3. The Morgan fingerprint density at radius 2 is 1.96 bits per heavy atom. The number of benzene rings is 1. The quantitative estimate of drug-likeness (QED) is 0.881. The summed E-state index contributed by atoms with van der Waals surface area (Å²) < 4.78 is 0. The number of nitrogens with one attached hydrogen (secondary N) is 1. The van der Waals surface area contributed by atoms with Crippen molar-refractivity contribution in [3.63, 3.8) is 0 Å². The molecule has 0 spiro atoms. The van der Waals surface area contributed by atoms with Crippen LogP contribution in [0.4, 0.5) is 11.4 Å². The lowest BCUT2D eigenvalue weighted by Crippen LogP contribution is -2.36. The highest BCUT2D eigenvalue weighted by Gasteiger charge is 2.26. The first-order valence-electron chi connectivity index (χ1n) is 9.59. The van der Waals surface area contributed by atoms with Crippen molar-refractivity contribution >= 4 is 34.5 Å². The molecule has 2 aliphatic heterocycles. The van der Waals surface area contributed by atoms with E-state index in [0.29, 0.717) is 0 Å². The predicted octanol–water partition coefficient (Wildman–Crippen LogP) is 3.62. The molecule has 0 unspecified atom stereocenters. The molecule has 2 aliphatic rings. The lowest BCUT2D eigenvalue weighted by atomic mass is 9.96. The minimum absolute atomic E-state index is 0.0639. The maximum absolute atomic E-state index is 12.8. The van der Waals surface area contributed by atoms with E-state index in [1.54, 1.807) is 0 Å². The third kappa shape index (κ3) is 3.92. The van der Waals surface area contributed by atoms with E-state index in [1.165, 1.54) is 11.3 Å². The van der Waals surface area contributed by atoms with Gasteiger partial charge in [-0.15, -0.1) is 11.3 Å². The van der Waals surface area contributed by atoms with E-state index in [2.05, 4.69) is 17.3 Å². The highest BCUT2D eigenvalue weighted by Crippen LogP contribution is 2.32. The molecule has 2 aromatic rings. The molecular formula is C21H25N3O2S. The standard InChI is InChI=1S/C21H25N3O2S/c1-23-11-8-15(9-12-23)20(25)22-17-6-7-18-16(14-17)4-2-10-24(18)21(26)19-5-3-13-27-19/h3,5-7,13-15H,2,4,8-12H2,1H3,(H,22,25). The third-order valence-corrected chi connectivity index (χ3v) is 6.39. The molecule has 0 bridgehead atoms. The number of carbonyl (C=O) groups excluding carboxylic acids is 2. The molecule has 142 valence electrons. The monoisotopic (exact) mass is 383 g/mol. The van der Waals surface area contributed by atoms with Gasteiger partial charge in [0.2, 0.25) is 5.91 Å². The summed E-state index contributed by atoms with van der Waals surface area (Å²) in [5.74, 6) is 0.272. The van der Waals surface area contributed by atoms with Gasteiger partial charge in [-0.3, -0.25) is 9.59 Å². The van der Waals surface area contributed by atoms with E-state index in [9.17, 15) is 9.59 Å². The molecule has 2 amide bonds. The van der Waals surface area contributed by atoms with Crippen LogP contribution in [0, 0.1) is 5.92 Å². The van der Waals surface area contributed by atoms with Crippen LogP contribution >= 0.6 is 11.3 Å². The molecule has 4 rings (SSSR count). The molecule has 5 nitrogen and oxygen atoms in total. The van der Waals surface area contributed by atoms with Crippen LogP contribution in [0.2, 0.25) is 0 Å². The lowest BCUT2D eigenvalue weighted by Gasteiger charge is -2.30.